The maximum atomic E-state index is 12.1. The fourth-order valence-corrected chi connectivity index (χ4v) is 6.18. The molecule has 1 saturated carbocycles. The first-order valence-electron chi connectivity index (χ1n) is 11.5. The second-order valence-corrected chi connectivity index (χ2v) is 11.6. The van der Waals surface area contributed by atoms with Crippen LogP contribution in [0.15, 0.2) is 52.9 Å². The molecule has 4 aromatic rings. The lowest BCUT2D eigenvalue weighted by atomic mass is 9.86. The van der Waals surface area contributed by atoms with Crippen molar-refractivity contribution in [3.05, 3.63) is 54.1 Å². The van der Waals surface area contributed by atoms with E-state index in [9.17, 15) is 19.1 Å². The maximum Gasteiger partial charge on any atom is 0.391 e. The molecule has 2 aromatic carbocycles. The number of nitrogens with two attached hydrogens (primary N) is 1. The van der Waals surface area contributed by atoms with Crippen molar-refractivity contribution >= 4 is 45.7 Å². The third-order valence-electron chi connectivity index (χ3n) is 6.53. The molecule has 182 valence electrons. The third kappa shape index (κ3) is 4.90. The molecule has 1 aliphatic rings. The van der Waals surface area contributed by atoms with Crippen molar-refractivity contribution in [3.8, 4) is 22.5 Å². The molecular formula is C25H26N3O5PS. The van der Waals surface area contributed by atoms with Crippen LogP contribution in [0, 0.1) is 5.92 Å². The van der Waals surface area contributed by atoms with Gasteiger partial charge in [0.05, 0.1) is 10.2 Å². The summed E-state index contributed by atoms with van der Waals surface area (Å²) in [5.41, 5.74) is 8.40. The highest BCUT2D eigenvalue weighted by atomic mass is 32.1. The molecule has 5 N–H and O–H groups in total. The molecule has 0 spiro atoms. The molecule has 2 aromatic heterocycles. The van der Waals surface area contributed by atoms with E-state index >= 15 is 0 Å². The lowest BCUT2D eigenvalue weighted by Crippen LogP contribution is -2.30. The highest BCUT2D eigenvalue weighted by Crippen LogP contribution is 2.39. The smallest absolute Gasteiger partial charge is 0.391 e. The largest absolute Gasteiger partial charge is 0.448 e. The molecule has 10 heteroatoms. The summed E-state index contributed by atoms with van der Waals surface area (Å²) < 4.78 is 18.0. The normalized spacial score (nSPS) is 18.6. The fourth-order valence-electron chi connectivity index (χ4n) is 4.63. The topological polar surface area (TPSA) is 139 Å². The van der Waals surface area contributed by atoms with Crippen molar-refractivity contribution < 1.29 is 23.6 Å². The van der Waals surface area contributed by atoms with Crippen molar-refractivity contribution in [3.63, 3.8) is 0 Å². The quantitative estimate of drug-likeness (QED) is 0.264. The molecule has 1 amide bonds. The van der Waals surface area contributed by atoms with Crippen LogP contribution in [0.5, 0.6) is 0 Å². The van der Waals surface area contributed by atoms with E-state index in [1.807, 2.05) is 24.3 Å². The number of amides is 1. The molecule has 2 atom stereocenters. The first-order chi connectivity index (χ1) is 16.7. The van der Waals surface area contributed by atoms with Crippen molar-refractivity contribution in [2.75, 3.05) is 5.32 Å². The summed E-state index contributed by atoms with van der Waals surface area (Å²) in [6.45, 7) is 2.28. The van der Waals surface area contributed by atoms with Gasteiger partial charge in [-0.1, -0.05) is 43.2 Å². The summed E-state index contributed by atoms with van der Waals surface area (Å²) in [6, 6.07) is 14.0. The van der Waals surface area contributed by atoms with Crippen molar-refractivity contribution in [1.29, 1.82) is 0 Å². The van der Waals surface area contributed by atoms with E-state index in [4.69, 9.17) is 15.1 Å². The van der Waals surface area contributed by atoms with Gasteiger partial charge in [-0.15, -0.1) is 0 Å². The van der Waals surface area contributed by atoms with Gasteiger partial charge in [-0.25, -0.2) is 4.98 Å². The summed E-state index contributed by atoms with van der Waals surface area (Å²) in [7, 11) is -4.54. The molecule has 0 aliphatic heterocycles. The van der Waals surface area contributed by atoms with Crippen molar-refractivity contribution in [2.45, 2.75) is 38.6 Å². The van der Waals surface area contributed by atoms with Crippen LogP contribution >= 0.6 is 18.9 Å². The highest BCUT2D eigenvalue weighted by Gasteiger charge is 2.24. The number of rotatable bonds is 6. The summed E-state index contributed by atoms with van der Waals surface area (Å²) in [5.74, 6) is 0.217. The van der Waals surface area contributed by atoms with Crippen LogP contribution in [0.2, 0.25) is 0 Å². The summed E-state index contributed by atoms with van der Waals surface area (Å²) in [4.78, 5) is 35.7. The van der Waals surface area contributed by atoms with Crippen LogP contribution in [0.25, 0.3) is 32.7 Å². The van der Waals surface area contributed by atoms with E-state index < -0.39 is 19.0 Å². The van der Waals surface area contributed by atoms with E-state index in [2.05, 4.69) is 12.2 Å². The predicted molar refractivity (Wildman–Crippen MR) is 138 cm³/mol. The summed E-state index contributed by atoms with van der Waals surface area (Å²) in [5, 5.41) is 4.50. The van der Waals surface area contributed by atoms with Gasteiger partial charge in [0.2, 0.25) is 11.4 Å². The second kappa shape index (κ2) is 9.24. The van der Waals surface area contributed by atoms with E-state index in [1.54, 1.807) is 23.5 Å². The number of anilines is 1. The van der Waals surface area contributed by atoms with Gasteiger partial charge >= 0.3 is 7.60 Å². The van der Waals surface area contributed by atoms with Gasteiger partial charge in [0.1, 0.15) is 5.76 Å². The molecule has 5 rings (SSSR count). The fraction of sp³-hybridized carbons (Fsp3) is 0.280. The van der Waals surface area contributed by atoms with Crippen LogP contribution < -0.4 is 16.6 Å². The number of primary amides is 1. The Hall–Kier alpha value is -2.97. The Morgan fingerprint density at radius 1 is 1.14 bits per heavy atom. The lowest BCUT2D eigenvalue weighted by Gasteiger charge is -2.29. The Kier molecular flexibility index (Phi) is 6.27. The number of hydrogen-bond acceptors (Lipinski definition) is 6. The number of thiazole rings is 1. The number of nitrogens with one attached hydrogen (secondary N) is 1. The van der Waals surface area contributed by atoms with Gasteiger partial charge in [0, 0.05) is 22.7 Å². The van der Waals surface area contributed by atoms with Gasteiger partial charge in [-0.3, -0.25) is 9.36 Å². The number of carbonyl (C=O) groups excluding carboxylic acids is 1. The molecule has 1 fully saturated rings. The third-order valence-corrected chi connectivity index (χ3v) is 8.38. The number of nitrogens with zero attached hydrogens (tertiary/aromatic N) is 1. The standard InChI is InChI=1S/C25H26N3O5PS/c1-14-5-2-3-7-19(14)27-25-28-20-8-4-6-18(23(20)35-25)15-11-16(13-17(12-15)24(26)29)21-9-10-22(33-21)34(30,31)32/h4,6,8-14,19H,2-3,5,7H2,1H3,(H2,26,29)(H,27,28)(H2,30,31,32)/t14-,19-/m0/s1. The predicted octanol–water partition coefficient (Wildman–Crippen LogP) is 5.12. The Morgan fingerprint density at radius 3 is 2.63 bits per heavy atom. The Morgan fingerprint density at radius 2 is 1.91 bits per heavy atom. The maximum absolute atomic E-state index is 12.1. The van der Waals surface area contributed by atoms with Crippen LogP contribution in [-0.2, 0) is 4.57 Å². The van der Waals surface area contributed by atoms with E-state index in [0.29, 0.717) is 17.5 Å². The van der Waals surface area contributed by atoms with E-state index in [0.717, 1.165) is 32.9 Å². The first kappa shape index (κ1) is 23.8. The SMILES string of the molecule is C[C@H]1CCCC[C@@H]1Nc1nc2cccc(-c3cc(C(N)=O)cc(-c4ccc(P(=O)(O)O)o4)c3)c2s1. The Labute approximate surface area is 206 Å². The number of hydrogen-bond donors (Lipinski definition) is 4. The van der Waals surface area contributed by atoms with E-state index in [-0.39, 0.29) is 11.3 Å². The molecule has 1 aliphatic carbocycles. The number of benzene rings is 2. The Bertz CT molecular complexity index is 1460. The van der Waals surface area contributed by atoms with Gasteiger partial charge in [-0.05, 0) is 60.7 Å². The van der Waals surface area contributed by atoms with Crippen LogP contribution in [0.1, 0.15) is 43.0 Å². The molecular weight excluding hydrogens is 485 g/mol. The van der Waals surface area contributed by atoms with Gasteiger partial charge < -0.3 is 25.3 Å². The zero-order chi connectivity index (χ0) is 24.7. The minimum Gasteiger partial charge on any atom is -0.448 e. The molecule has 35 heavy (non-hydrogen) atoms. The average Bonchev–Trinajstić information content (AvgIpc) is 3.47. The minimum atomic E-state index is -4.54. The second-order valence-electron chi connectivity index (χ2n) is 9.03. The van der Waals surface area contributed by atoms with Crippen LogP contribution in [0.4, 0.5) is 5.13 Å². The van der Waals surface area contributed by atoms with Crippen molar-refractivity contribution in [1.82, 2.24) is 4.98 Å². The Balaban J connectivity index is 1.57. The molecule has 2 heterocycles. The summed E-state index contributed by atoms with van der Waals surface area (Å²) >= 11 is 1.57. The number of fused-ring (bicyclic) bond motifs is 1. The molecule has 0 bridgehead atoms. The first-order valence-corrected chi connectivity index (χ1v) is 13.9. The van der Waals surface area contributed by atoms with Gasteiger partial charge in [0.25, 0.3) is 0 Å². The van der Waals surface area contributed by atoms with Gasteiger partial charge in [-0.2, -0.15) is 0 Å². The lowest BCUT2D eigenvalue weighted by molar-refractivity contribution is 0.100. The van der Waals surface area contributed by atoms with E-state index in [1.165, 1.54) is 31.4 Å². The average molecular weight is 512 g/mol. The van der Waals surface area contributed by atoms with Crippen LogP contribution in [-0.4, -0.2) is 26.7 Å². The van der Waals surface area contributed by atoms with Crippen molar-refractivity contribution in [2.24, 2.45) is 11.7 Å². The number of furan rings is 1. The minimum absolute atomic E-state index is 0.234. The van der Waals surface area contributed by atoms with Gasteiger partial charge in [0.15, 0.2) is 5.13 Å². The summed E-state index contributed by atoms with van der Waals surface area (Å²) in [6.07, 6.45) is 4.84. The monoisotopic (exact) mass is 511 g/mol. The zero-order valence-electron chi connectivity index (χ0n) is 19.1. The van der Waals surface area contributed by atoms with Crippen LogP contribution in [0.3, 0.4) is 0 Å². The number of carbonyl (C=O) groups is 1. The molecule has 0 radical (unpaired) electrons. The molecule has 0 unspecified atom stereocenters. The number of aromatic nitrogens is 1. The highest BCUT2D eigenvalue weighted by molar-refractivity contribution is 7.59. The molecule has 0 saturated heterocycles. The zero-order valence-corrected chi connectivity index (χ0v) is 20.8. The molecule has 8 nitrogen and oxygen atoms in total.